The highest BCUT2D eigenvalue weighted by Gasteiger charge is 2.12. The summed E-state index contributed by atoms with van der Waals surface area (Å²) < 4.78 is 0. The zero-order chi connectivity index (χ0) is 12.0. The molecule has 0 aromatic heterocycles. The van der Waals surface area contributed by atoms with Crippen molar-refractivity contribution in [3.63, 3.8) is 0 Å². The summed E-state index contributed by atoms with van der Waals surface area (Å²) in [5, 5.41) is 10.8. The number of nitrogens with one attached hydrogen (secondary N) is 1. The van der Waals surface area contributed by atoms with Crippen molar-refractivity contribution >= 4 is 5.69 Å². The first-order valence-electron chi connectivity index (χ1n) is 5.23. The van der Waals surface area contributed by atoms with Gasteiger partial charge >= 0.3 is 0 Å². The molecular weight excluding hydrogens is 208 g/mol. The average Bonchev–Trinajstić information content (AvgIpc) is 2.26. The minimum absolute atomic E-state index is 0.179. The average molecular weight is 224 g/mol. The second-order valence-electron chi connectivity index (χ2n) is 3.47. The highest BCUT2D eigenvalue weighted by Crippen LogP contribution is 2.20. The van der Waals surface area contributed by atoms with Crippen LogP contribution in [-0.4, -0.2) is 18.1 Å². The quantitative estimate of drug-likeness (QED) is 0.456. The van der Waals surface area contributed by atoms with E-state index in [1.165, 1.54) is 0 Å². The predicted molar refractivity (Wildman–Crippen MR) is 61.2 cm³/mol. The Morgan fingerprint density at radius 1 is 1.50 bits per heavy atom. The molecule has 0 saturated carbocycles. The van der Waals surface area contributed by atoms with E-state index in [1.54, 1.807) is 12.1 Å². The fourth-order valence-electron chi connectivity index (χ4n) is 1.42. The number of benzene rings is 1. The highest BCUT2D eigenvalue weighted by atomic mass is 16.6. The molecule has 1 N–H and O–H groups in total. The van der Waals surface area contributed by atoms with E-state index in [-0.39, 0.29) is 10.6 Å². The van der Waals surface area contributed by atoms with Crippen LogP contribution in [0.25, 0.3) is 0 Å². The Kier molecular flexibility index (Phi) is 4.88. The van der Waals surface area contributed by atoms with Gasteiger partial charge in [0.1, 0.15) is 0 Å². The van der Waals surface area contributed by atoms with Crippen LogP contribution >= 0.6 is 0 Å². The molecule has 1 aromatic carbocycles. The zero-order valence-corrected chi connectivity index (χ0v) is 9.53. The molecule has 0 aliphatic heterocycles. The summed E-state index contributed by atoms with van der Waals surface area (Å²) >= 11 is 0. The minimum atomic E-state index is -0.344. The number of nitro groups is 1. The number of aryl methyl sites for hydroxylation is 1. The SMILES string of the molecule is CCONCCc1ccc(C)cc1[N+](=O)[O-]. The Labute approximate surface area is 94.5 Å². The monoisotopic (exact) mass is 224 g/mol. The third-order valence-electron chi connectivity index (χ3n) is 2.18. The molecular formula is C11H16N2O3. The van der Waals surface area contributed by atoms with E-state index >= 15 is 0 Å². The summed E-state index contributed by atoms with van der Waals surface area (Å²) in [5.41, 5.74) is 4.54. The third-order valence-corrected chi connectivity index (χ3v) is 2.18. The second-order valence-corrected chi connectivity index (χ2v) is 3.47. The van der Waals surface area contributed by atoms with Gasteiger partial charge in [-0.3, -0.25) is 10.1 Å². The van der Waals surface area contributed by atoms with Crippen molar-refractivity contribution in [3.8, 4) is 0 Å². The number of hydroxylamine groups is 1. The lowest BCUT2D eigenvalue weighted by Crippen LogP contribution is -2.17. The Hall–Kier alpha value is -1.46. The van der Waals surface area contributed by atoms with Crippen LogP contribution in [0.2, 0.25) is 0 Å². The van der Waals surface area contributed by atoms with Gasteiger partial charge in [0.15, 0.2) is 0 Å². The molecule has 16 heavy (non-hydrogen) atoms. The molecule has 5 nitrogen and oxygen atoms in total. The van der Waals surface area contributed by atoms with Crippen molar-refractivity contribution in [2.45, 2.75) is 20.3 Å². The van der Waals surface area contributed by atoms with E-state index in [0.717, 1.165) is 11.1 Å². The molecule has 0 amide bonds. The van der Waals surface area contributed by atoms with Gasteiger partial charge in [-0.25, -0.2) is 5.48 Å². The van der Waals surface area contributed by atoms with Gasteiger partial charge in [-0.2, -0.15) is 0 Å². The Morgan fingerprint density at radius 3 is 2.88 bits per heavy atom. The molecule has 0 aliphatic rings. The second kappa shape index (κ2) is 6.19. The largest absolute Gasteiger partial charge is 0.302 e. The van der Waals surface area contributed by atoms with Crippen LogP contribution in [0.5, 0.6) is 0 Å². The number of nitro benzene ring substituents is 1. The van der Waals surface area contributed by atoms with Gasteiger partial charge in [-0.1, -0.05) is 12.1 Å². The van der Waals surface area contributed by atoms with Gasteiger partial charge in [0.2, 0.25) is 0 Å². The molecule has 0 spiro atoms. The molecule has 1 rings (SSSR count). The molecule has 0 saturated heterocycles. The molecule has 0 bridgehead atoms. The first kappa shape index (κ1) is 12.6. The van der Waals surface area contributed by atoms with Gasteiger partial charge in [0.05, 0.1) is 11.5 Å². The summed E-state index contributed by atoms with van der Waals surface area (Å²) in [6, 6.07) is 5.26. The van der Waals surface area contributed by atoms with E-state index in [4.69, 9.17) is 4.84 Å². The highest BCUT2D eigenvalue weighted by molar-refractivity contribution is 5.43. The predicted octanol–water partition coefficient (Wildman–Crippen LogP) is 1.99. The lowest BCUT2D eigenvalue weighted by Gasteiger charge is -2.05. The molecule has 0 atom stereocenters. The maximum absolute atomic E-state index is 10.8. The van der Waals surface area contributed by atoms with E-state index in [1.807, 2.05) is 19.9 Å². The van der Waals surface area contributed by atoms with Crippen LogP contribution in [0.3, 0.4) is 0 Å². The fourth-order valence-corrected chi connectivity index (χ4v) is 1.42. The lowest BCUT2D eigenvalue weighted by molar-refractivity contribution is -0.385. The van der Waals surface area contributed by atoms with Crippen LogP contribution in [0.4, 0.5) is 5.69 Å². The van der Waals surface area contributed by atoms with Crippen molar-refractivity contribution in [3.05, 3.63) is 39.4 Å². The standard InChI is InChI=1S/C11H16N2O3/c1-3-16-12-7-6-10-5-4-9(2)8-11(10)13(14)15/h4-5,8,12H,3,6-7H2,1-2H3. The maximum Gasteiger partial charge on any atom is 0.272 e. The van der Waals surface area contributed by atoms with Crippen molar-refractivity contribution in [2.24, 2.45) is 0 Å². The summed E-state index contributed by atoms with van der Waals surface area (Å²) in [6.07, 6.45) is 0.580. The van der Waals surface area contributed by atoms with Crippen molar-refractivity contribution < 1.29 is 9.76 Å². The van der Waals surface area contributed by atoms with Gasteiger partial charge in [0.25, 0.3) is 5.69 Å². The first-order chi connectivity index (χ1) is 7.65. The zero-order valence-electron chi connectivity index (χ0n) is 9.53. The molecule has 0 fully saturated rings. The Balaban J connectivity index is 2.67. The molecule has 0 heterocycles. The lowest BCUT2D eigenvalue weighted by atomic mass is 10.1. The van der Waals surface area contributed by atoms with Crippen LogP contribution < -0.4 is 5.48 Å². The van der Waals surface area contributed by atoms with Crippen molar-refractivity contribution in [1.82, 2.24) is 5.48 Å². The first-order valence-corrected chi connectivity index (χ1v) is 5.23. The Morgan fingerprint density at radius 2 is 2.25 bits per heavy atom. The third kappa shape index (κ3) is 3.60. The number of rotatable bonds is 6. The minimum Gasteiger partial charge on any atom is -0.302 e. The van der Waals surface area contributed by atoms with Crippen molar-refractivity contribution in [1.29, 1.82) is 0 Å². The summed E-state index contributed by atoms with van der Waals surface area (Å²) in [4.78, 5) is 15.4. The van der Waals surface area contributed by atoms with Crippen LogP contribution in [0, 0.1) is 17.0 Å². The molecule has 0 aliphatic carbocycles. The van der Waals surface area contributed by atoms with E-state index < -0.39 is 0 Å². The molecule has 0 unspecified atom stereocenters. The van der Waals surface area contributed by atoms with Crippen LogP contribution in [0.15, 0.2) is 18.2 Å². The van der Waals surface area contributed by atoms with E-state index in [9.17, 15) is 10.1 Å². The molecule has 5 heteroatoms. The normalized spacial score (nSPS) is 10.4. The number of hydrogen-bond donors (Lipinski definition) is 1. The van der Waals surface area contributed by atoms with Gasteiger partial charge in [0, 0.05) is 18.2 Å². The van der Waals surface area contributed by atoms with Gasteiger partial charge < -0.3 is 4.84 Å². The Bertz CT molecular complexity index is 366. The molecule has 1 aromatic rings. The van der Waals surface area contributed by atoms with Crippen LogP contribution in [0.1, 0.15) is 18.1 Å². The van der Waals surface area contributed by atoms with Crippen LogP contribution in [-0.2, 0) is 11.3 Å². The number of hydrogen-bond acceptors (Lipinski definition) is 4. The van der Waals surface area contributed by atoms with Crippen molar-refractivity contribution in [2.75, 3.05) is 13.2 Å². The van der Waals surface area contributed by atoms with E-state index in [2.05, 4.69) is 5.48 Å². The number of nitrogens with zero attached hydrogens (tertiary/aromatic N) is 1. The molecule has 88 valence electrons. The smallest absolute Gasteiger partial charge is 0.272 e. The summed E-state index contributed by atoms with van der Waals surface area (Å²) in [6.45, 7) is 4.87. The fraction of sp³-hybridized carbons (Fsp3) is 0.455. The topological polar surface area (TPSA) is 64.4 Å². The van der Waals surface area contributed by atoms with E-state index in [0.29, 0.717) is 19.6 Å². The maximum atomic E-state index is 10.8. The summed E-state index contributed by atoms with van der Waals surface area (Å²) in [7, 11) is 0. The molecule has 0 radical (unpaired) electrons. The van der Waals surface area contributed by atoms with Gasteiger partial charge in [-0.05, 0) is 25.8 Å². The van der Waals surface area contributed by atoms with Gasteiger partial charge in [-0.15, -0.1) is 0 Å². The summed E-state index contributed by atoms with van der Waals surface area (Å²) in [5.74, 6) is 0.